The molecule has 0 spiro atoms. The largest absolute Gasteiger partial charge is 0.458 e. The van der Waals surface area contributed by atoms with Gasteiger partial charge in [0.25, 0.3) is 0 Å². The van der Waals surface area contributed by atoms with E-state index in [1.807, 2.05) is 19.1 Å². The van der Waals surface area contributed by atoms with Gasteiger partial charge in [0.15, 0.2) is 0 Å². The van der Waals surface area contributed by atoms with Crippen molar-refractivity contribution in [3.8, 4) is 0 Å². The molecular formula is C24H34F3N3O3S. The van der Waals surface area contributed by atoms with Crippen LogP contribution in [0, 0.1) is 17.3 Å². The number of halogens is 3. The molecule has 1 N–H and O–H groups in total. The lowest BCUT2D eigenvalue weighted by Crippen LogP contribution is -2.66. The van der Waals surface area contributed by atoms with E-state index in [2.05, 4.69) is 10.3 Å². The van der Waals surface area contributed by atoms with Crippen LogP contribution < -0.4 is 5.32 Å². The topological polar surface area (TPSA) is 71.5 Å². The lowest BCUT2D eigenvalue weighted by atomic mass is 9.73. The summed E-state index contributed by atoms with van der Waals surface area (Å²) in [5.41, 5.74) is -0.0458. The number of piperidine rings is 1. The molecule has 1 amide bonds. The van der Waals surface area contributed by atoms with E-state index >= 15 is 0 Å². The van der Waals surface area contributed by atoms with Crippen LogP contribution >= 0.6 is 12.6 Å². The Labute approximate surface area is 204 Å². The van der Waals surface area contributed by atoms with Crippen LogP contribution in [0.2, 0.25) is 0 Å². The fraction of sp³-hybridized carbons (Fsp3) is 0.708. The summed E-state index contributed by atoms with van der Waals surface area (Å²) < 4.78 is 45.4. The van der Waals surface area contributed by atoms with Gasteiger partial charge in [0.1, 0.15) is 12.5 Å². The van der Waals surface area contributed by atoms with E-state index in [4.69, 9.17) is 17.4 Å². The number of rotatable bonds is 5. The van der Waals surface area contributed by atoms with Gasteiger partial charge in [0, 0.05) is 24.5 Å². The van der Waals surface area contributed by atoms with Gasteiger partial charge in [-0.1, -0.05) is 13.0 Å². The highest BCUT2D eigenvalue weighted by Gasteiger charge is 2.51. The maximum atomic E-state index is 13.1. The fourth-order valence-corrected chi connectivity index (χ4v) is 5.57. The van der Waals surface area contributed by atoms with E-state index in [1.165, 1.54) is 4.90 Å². The number of hydrogen-bond acceptors (Lipinski definition) is 6. The van der Waals surface area contributed by atoms with Crippen molar-refractivity contribution in [3.05, 3.63) is 30.1 Å². The summed E-state index contributed by atoms with van der Waals surface area (Å²) in [4.78, 5) is 31.4. The van der Waals surface area contributed by atoms with Gasteiger partial charge in [-0.2, -0.15) is 25.8 Å². The van der Waals surface area contributed by atoms with E-state index in [9.17, 15) is 22.8 Å². The van der Waals surface area contributed by atoms with Crippen molar-refractivity contribution < 1.29 is 27.5 Å². The molecule has 1 aromatic heterocycles. The van der Waals surface area contributed by atoms with E-state index in [0.29, 0.717) is 13.0 Å². The van der Waals surface area contributed by atoms with Crippen molar-refractivity contribution in [1.82, 2.24) is 15.2 Å². The molecule has 190 valence electrons. The number of carbonyl (C=O) groups is 2. The van der Waals surface area contributed by atoms with Gasteiger partial charge in [-0.15, -0.1) is 0 Å². The summed E-state index contributed by atoms with van der Waals surface area (Å²) in [6, 6.07) is 4.35. The molecule has 2 bridgehead atoms. The van der Waals surface area contributed by atoms with Gasteiger partial charge >= 0.3 is 12.1 Å². The van der Waals surface area contributed by atoms with Crippen LogP contribution in [0.3, 0.4) is 0 Å². The Hall–Kier alpha value is -1.81. The molecule has 6 nitrogen and oxygen atoms in total. The lowest BCUT2D eigenvalue weighted by Gasteiger charge is -2.52. The highest BCUT2D eigenvalue weighted by atomic mass is 32.1. The van der Waals surface area contributed by atoms with Gasteiger partial charge in [-0.05, 0) is 57.6 Å². The molecule has 34 heavy (non-hydrogen) atoms. The normalized spacial score (nSPS) is 29.9. The molecule has 10 heteroatoms. The number of esters is 1. The monoisotopic (exact) mass is 501 g/mol. The Kier molecular flexibility index (Phi) is 8.22. The number of nitrogens with one attached hydrogen (secondary N) is 1. The van der Waals surface area contributed by atoms with Crippen LogP contribution in [0.5, 0.6) is 0 Å². The molecule has 6 atom stereocenters. The molecule has 1 saturated carbocycles. The van der Waals surface area contributed by atoms with Gasteiger partial charge in [-0.25, -0.2) is 0 Å². The third kappa shape index (κ3) is 6.65. The number of nitrogens with zero attached hydrogens (tertiary/aromatic N) is 2. The van der Waals surface area contributed by atoms with Crippen LogP contribution in [-0.4, -0.2) is 57.9 Å². The molecule has 1 aliphatic carbocycles. The van der Waals surface area contributed by atoms with Crippen LogP contribution in [0.25, 0.3) is 0 Å². The molecule has 0 aromatic carbocycles. The summed E-state index contributed by atoms with van der Waals surface area (Å²) >= 11 is 4.83. The first kappa shape index (κ1) is 26.8. The third-order valence-corrected chi connectivity index (χ3v) is 7.09. The number of hydrogen-bond donors (Lipinski definition) is 2. The first-order valence-electron chi connectivity index (χ1n) is 11.6. The smallest absolute Gasteiger partial charge is 0.397 e. The average Bonchev–Trinajstić information content (AvgIpc) is 2.70. The maximum absolute atomic E-state index is 13.1. The molecule has 3 unspecified atom stereocenters. The Morgan fingerprint density at radius 3 is 2.53 bits per heavy atom. The van der Waals surface area contributed by atoms with Crippen molar-refractivity contribution in [1.29, 1.82) is 0 Å². The molecule has 4 rings (SSSR count). The van der Waals surface area contributed by atoms with E-state index in [0.717, 1.165) is 12.1 Å². The second-order valence-corrected chi connectivity index (χ2v) is 11.2. The molecule has 0 radical (unpaired) electrons. The number of carbonyl (C=O) groups excluding carboxylic acids is 2. The molecule has 2 saturated heterocycles. The highest BCUT2D eigenvalue weighted by molar-refractivity contribution is 7.81. The summed E-state index contributed by atoms with van der Waals surface area (Å²) in [7, 11) is 0. The highest BCUT2D eigenvalue weighted by Crippen LogP contribution is 2.40. The van der Waals surface area contributed by atoms with Gasteiger partial charge < -0.3 is 15.0 Å². The Morgan fingerprint density at radius 2 is 1.94 bits per heavy atom. The summed E-state index contributed by atoms with van der Waals surface area (Å²) in [5, 5.41) is 3.18. The molecule has 2 aliphatic heterocycles. The molecule has 3 aliphatic rings. The lowest BCUT2D eigenvalue weighted by molar-refractivity contribution is -0.181. The minimum atomic E-state index is -4.61. The number of thiol groups is 1. The van der Waals surface area contributed by atoms with Gasteiger partial charge in [-0.3, -0.25) is 14.6 Å². The van der Waals surface area contributed by atoms with Crippen molar-refractivity contribution in [2.75, 3.05) is 6.54 Å². The number of ether oxygens (including phenoxy) is 1. The quantitative estimate of drug-likeness (QED) is 0.471. The standard InChI is InChI=1S/C24H34F3N3O3S/c1-14-9-15-10-17(34)19(29-12-16-7-5-6-8-28-16)21(33-22(32)23(2,3)4)20(14)30(13-15)18(31)11-24(25,26)27/h5-8,14-15,17,19-21,29,34H,9-13H2,1-4H3/t14-,15?,17?,19+,20?,21+/m1/s1. The maximum Gasteiger partial charge on any atom is 0.397 e. The van der Waals surface area contributed by atoms with E-state index in [-0.39, 0.29) is 23.6 Å². The number of fused-ring (bicyclic) bond motifs is 5. The molecule has 3 heterocycles. The Balaban J connectivity index is 1.97. The minimum absolute atomic E-state index is 0.0179. The van der Waals surface area contributed by atoms with Crippen molar-refractivity contribution in [2.24, 2.45) is 17.3 Å². The Bertz CT molecular complexity index is 863. The second kappa shape index (κ2) is 10.4. The predicted octanol–water partition coefficient (Wildman–Crippen LogP) is 4.01. The van der Waals surface area contributed by atoms with Crippen LogP contribution in [0.4, 0.5) is 13.2 Å². The fourth-order valence-electron chi connectivity index (χ4n) is 5.00. The van der Waals surface area contributed by atoms with Gasteiger partial charge in [0.2, 0.25) is 5.91 Å². The zero-order chi connectivity index (χ0) is 25.3. The van der Waals surface area contributed by atoms with Crippen molar-refractivity contribution in [3.63, 3.8) is 0 Å². The first-order valence-corrected chi connectivity index (χ1v) is 12.2. The molecule has 3 fully saturated rings. The number of alkyl halides is 3. The predicted molar refractivity (Wildman–Crippen MR) is 125 cm³/mol. The summed E-state index contributed by atoms with van der Waals surface area (Å²) in [5.74, 6) is -1.58. The molecular weight excluding hydrogens is 467 g/mol. The summed E-state index contributed by atoms with van der Waals surface area (Å²) in [6.45, 7) is 7.65. The average molecular weight is 502 g/mol. The van der Waals surface area contributed by atoms with Crippen LogP contribution in [0.15, 0.2) is 24.4 Å². The SMILES string of the molecule is C[C@@H]1CC2CC(S)[C@H](NCc3ccccn3)[C@H](OC(=O)C(C)(C)C)C1N(C(=O)CC(F)(F)F)C2. The summed E-state index contributed by atoms with van der Waals surface area (Å²) in [6.07, 6.45) is -4.01. The molecule has 1 aromatic rings. The third-order valence-electron chi connectivity index (χ3n) is 6.56. The number of aromatic nitrogens is 1. The van der Waals surface area contributed by atoms with Crippen LogP contribution in [0.1, 0.15) is 52.7 Å². The van der Waals surface area contributed by atoms with E-state index in [1.54, 1.807) is 33.0 Å². The minimum Gasteiger partial charge on any atom is -0.458 e. The zero-order valence-electron chi connectivity index (χ0n) is 20.0. The zero-order valence-corrected chi connectivity index (χ0v) is 20.9. The van der Waals surface area contributed by atoms with Gasteiger partial charge in [0.05, 0.1) is 23.2 Å². The van der Waals surface area contributed by atoms with Crippen LogP contribution in [-0.2, 0) is 20.9 Å². The van der Waals surface area contributed by atoms with Crippen molar-refractivity contribution in [2.45, 2.75) is 83.1 Å². The van der Waals surface area contributed by atoms with Crippen molar-refractivity contribution >= 4 is 24.5 Å². The number of amides is 1. The first-order chi connectivity index (χ1) is 15.8. The second-order valence-electron chi connectivity index (χ2n) is 10.6. The van der Waals surface area contributed by atoms with E-state index < -0.39 is 48.1 Å². The number of pyridine rings is 1. The Morgan fingerprint density at radius 1 is 1.24 bits per heavy atom.